The lowest BCUT2D eigenvalue weighted by Gasteiger charge is -2.35. The Morgan fingerprint density at radius 1 is 1.22 bits per heavy atom. The lowest BCUT2D eigenvalue weighted by molar-refractivity contribution is -0.384. The number of hydrogen-bond donors (Lipinski definition) is 2. The van der Waals surface area contributed by atoms with Gasteiger partial charge >= 0.3 is 0 Å². The number of nitro groups is 1. The molecule has 0 aliphatic carbocycles. The number of nitro benzene ring substituents is 1. The average molecular weight is 370 g/mol. The van der Waals surface area contributed by atoms with Crippen molar-refractivity contribution < 1.29 is 14.5 Å². The molecule has 8 heteroatoms. The fourth-order valence-electron chi connectivity index (χ4n) is 3.21. The second-order valence-corrected chi connectivity index (χ2v) is 6.31. The quantitative estimate of drug-likeness (QED) is 0.571. The predicted molar refractivity (Wildman–Crippen MR) is 102 cm³/mol. The minimum atomic E-state index is -0.694. The maximum Gasteiger partial charge on any atom is 0.293 e. The number of amides is 1. The van der Waals surface area contributed by atoms with Gasteiger partial charge in [-0.15, -0.1) is 0 Å². The standard InChI is InChI=1S/C19H22N4O4/c20-19(24)15-6-7-16(17(12-15)23(25)26)21-13-18(14-4-2-1-3-5-14)22-8-10-27-11-9-22/h1-7,12,18,21H,8-11,13H2,(H2,20,24). The van der Waals surface area contributed by atoms with Gasteiger partial charge in [-0.1, -0.05) is 30.3 Å². The van der Waals surface area contributed by atoms with Crippen molar-refractivity contribution in [3.8, 4) is 0 Å². The molecular weight excluding hydrogens is 348 g/mol. The molecule has 1 unspecified atom stereocenters. The van der Waals surface area contributed by atoms with Gasteiger partial charge in [0.2, 0.25) is 5.91 Å². The molecule has 2 aromatic rings. The molecule has 0 radical (unpaired) electrons. The highest BCUT2D eigenvalue weighted by Crippen LogP contribution is 2.28. The highest BCUT2D eigenvalue weighted by molar-refractivity contribution is 5.94. The van der Waals surface area contributed by atoms with Crippen molar-refractivity contribution in [2.24, 2.45) is 5.73 Å². The topological polar surface area (TPSA) is 111 Å². The summed E-state index contributed by atoms with van der Waals surface area (Å²) in [4.78, 5) is 24.5. The van der Waals surface area contributed by atoms with E-state index in [1.165, 1.54) is 18.2 Å². The van der Waals surface area contributed by atoms with E-state index < -0.39 is 10.8 Å². The minimum Gasteiger partial charge on any atom is -0.379 e. The number of benzene rings is 2. The summed E-state index contributed by atoms with van der Waals surface area (Å²) in [6, 6.07) is 14.3. The minimum absolute atomic E-state index is 0.0468. The van der Waals surface area contributed by atoms with Crippen molar-refractivity contribution in [2.75, 3.05) is 38.2 Å². The Morgan fingerprint density at radius 3 is 2.56 bits per heavy atom. The van der Waals surface area contributed by atoms with E-state index >= 15 is 0 Å². The molecule has 0 bridgehead atoms. The second kappa shape index (κ2) is 8.61. The third-order valence-electron chi connectivity index (χ3n) is 4.64. The molecule has 8 nitrogen and oxygen atoms in total. The predicted octanol–water partition coefficient (Wildman–Crippen LogP) is 2.18. The molecule has 27 heavy (non-hydrogen) atoms. The molecule has 0 aromatic heterocycles. The van der Waals surface area contributed by atoms with Crippen LogP contribution in [0.5, 0.6) is 0 Å². The van der Waals surface area contributed by atoms with E-state index in [0.29, 0.717) is 25.4 Å². The number of anilines is 1. The first kappa shape index (κ1) is 18.8. The summed E-state index contributed by atoms with van der Waals surface area (Å²) < 4.78 is 5.44. The number of nitrogens with zero attached hydrogens (tertiary/aromatic N) is 2. The first-order valence-corrected chi connectivity index (χ1v) is 8.75. The number of morpholine rings is 1. The van der Waals surface area contributed by atoms with Crippen LogP contribution in [0.2, 0.25) is 0 Å². The Labute approximate surface area is 157 Å². The Kier molecular flexibility index (Phi) is 6.00. The molecule has 1 aliphatic heterocycles. The highest BCUT2D eigenvalue weighted by atomic mass is 16.6. The molecule has 0 spiro atoms. The van der Waals surface area contributed by atoms with E-state index in [-0.39, 0.29) is 17.3 Å². The first-order chi connectivity index (χ1) is 13.1. The Hall–Kier alpha value is -2.97. The number of primary amides is 1. The Bertz CT molecular complexity index is 807. The van der Waals surface area contributed by atoms with Crippen LogP contribution in [-0.4, -0.2) is 48.6 Å². The van der Waals surface area contributed by atoms with Crippen molar-refractivity contribution in [3.05, 3.63) is 69.8 Å². The summed E-state index contributed by atoms with van der Waals surface area (Å²) in [6.07, 6.45) is 0. The van der Waals surface area contributed by atoms with E-state index in [2.05, 4.69) is 10.2 Å². The molecule has 1 saturated heterocycles. The molecule has 1 amide bonds. The molecule has 1 aliphatic rings. The number of hydrogen-bond acceptors (Lipinski definition) is 6. The maximum atomic E-state index is 11.4. The number of nitrogens with two attached hydrogens (primary N) is 1. The number of nitrogens with one attached hydrogen (secondary N) is 1. The molecular formula is C19H22N4O4. The van der Waals surface area contributed by atoms with Gasteiger partial charge in [-0.25, -0.2) is 0 Å². The van der Waals surface area contributed by atoms with Gasteiger partial charge in [0.1, 0.15) is 5.69 Å². The molecule has 1 fully saturated rings. The number of rotatable bonds is 7. The second-order valence-electron chi connectivity index (χ2n) is 6.31. The van der Waals surface area contributed by atoms with Crippen LogP contribution in [0.25, 0.3) is 0 Å². The summed E-state index contributed by atoms with van der Waals surface area (Å²) in [6.45, 7) is 3.41. The Morgan fingerprint density at radius 2 is 1.93 bits per heavy atom. The van der Waals surface area contributed by atoms with Crippen LogP contribution in [0.3, 0.4) is 0 Å². The first-order valence-electron chi connectivity index (χ1n) is 8.75. The summed E-state index contributed by atoms with van der Waals surface area (Å²) in [5.41, 5.74) is 6.66. The molecule has 0 saturated carbocycles. The maximum absolute atomic E-state index is 11.4. The summed E-state index contributed by atoms with van der Waals surface area (Å²) in [7, 11) is 0. The molecule has 142 valence electrons. The molecule has 3 N–H and O–H groups in total. The van der Waals surface area contributed by atoms with Gasteiger partial charge in [-0.05, 0) is 17.7 Å². The van der Waals surface area contributed by atoms with Gasteiger partial charge in [0, 0.05) is 31.3 Å². The SMILES string of the molecule is NC(=O)c1ccc(NCC(c2ccccc2)N2CCOCC2)c([N+](=O)[O-])c1. The third kappa shape index (κ3) is 4.60. The zero-order valence-corrected chi connectivity index (χ0v) is 14.8. The molecule has 2 aromatic carbocycles. The average Bonchev–Trinajstić information content (AvgIpc) is 2.69. The van der Waals surface area contributed by atoms with Crippen molar-refractivity contribution in [1.82, 2.24) is 4.90 Å². The molecule has 3 rings (SSSR count). The molecule has 1 atom stereocenters. The largest absolute Gasteiger partial charge is 0.379 e. The summed E-state index contributed by atoms with van der Waals surface area (Å²) in [5, 5.41) is 14.6. The van der Waals surface area contributed by atoms with Crippen LogP contribution in [0.4, 0.5) is 11.4 Å². The third-order valence-corrected chi connectivity index (χ3v) is 4.64. The van der Waals surface area contributed by atoms with Crippen LogP contribution in [-0.2, 0) is 4.74 Å². The zero-order valence-electron chi connectivity index (χ0n) is 14.8. The lowest BCUT2D eigenvalue weighted by atomic mass is 10.0. The fourth-order valence-corrected chi connectivity index (χ4v) is 3.21. The number of carbonyl (C=O) groups excluding carboxylic acids is 1. The monoisotopic (exact) mass is 370 g/mol. The van der Waals surface area contributed by atoms with Crippen LogP contribution >= 0.6 is 0 Å². The van der Waals surface area contributed by atoms with Gasteiger partial charge in [0.05, 0.1) is 24.2 Å². The van der Waals surface area contributed by atoms with Crippen LogP contribution in [0.15, 0.2) is 48.5 Å². The Balaban J connectivity index is 1.83. The number of carbonyl (C=O) groups is 1. The normalized spacial score (nSPS) is 15.9. The van der Waals surface area contributed by atoms with Gasteiger partial charge < -0.3 is 15.8 Å². The van der Waals surface area contributed by atoms with E-state index in [0.717, 1.165) is 18.7 Å². The van der Waals surface area contributed by atoms with Gasteiger partial charge in [-0.2, -0.15) is 0 Å². The lowest BCUT2D eigenvalue weighted by Crippen LogP contribution is -2.41. The van der Waals surface area contributed by atoms with E-state index in [1.807, 2.05) is 30.3 Å². The summed E-state index contributed by atoms with van der Waals surface area (Å²) >= 11 is 0. The van der Waals surface area contributed by atoms with Crippen LogP contribution < -0.4 is 11.1 Å². The van der Waals surface area contributed by atoms with Crippen molar-refractivity contribution in [3.63, 3.8) is 0 Å². The van der Waals surface area contributed by atoms with E-state index in [4.69, 9.17) is 10.5 Å². The van der Waals surface area contributed by atoms with Crippen LogP contribution in [0.1, 0.15) is 22.0 Å². The zero-order chi connectivity index (χ0) is 19.2. The highest BCUT2D eigenvalue weighted by Gasteiger charge is 2.24. The van der Waals surface area contributed by atoms with E-state index in [9.17, 15) is 14.9 Å². The van der Waals surface area contributed by atoms with Gasteiger partial charge in [0.25, 0.3) is 5.69 Å². The fraction of sp³-hybridized carbons (Fsp3) is 0.316. The molecule has 1 heterocycles. The van der Waals surface area contributed by atoms with Gasteiger partial charge in [0.15, 0.2) is 0 Å². The summed E-state index contributed by atoms with van der Waals surface area (Å²) in [5.74, 6) is -0.694. The van der Waals surface area contributed by atoms with E-state index in [1.54, 1.807) is 0 Å². The smallest absolute Gasteiger partial charge is 0.293 e. The van der Waals surface area contributed by atoms with Crippen LogP contribution in [0, 0.1) is 10.1 Å². The van der Waals surface area contributed by atoms with Crippen molar-refractivity contribution >= 4 is 17.3 Å². The van der Waals surface area contributed by atoms with Gasteiger partial charge in [-0.3, -0.25) is 19.8 Å². The van der Waals surface area contributed by atoms with Crippen molar-refractivity contribution in [1.29, 1.82) is 0 Å². The number of ether oxygens (including phenoxy) is 1. The van der Waals surface area contributed by atoms with Crippen molar-refractivity contribution in [2.45, 2.75) is 6.04 Å².